The van der Waals surface area contributed by atoms with Crippen molar-refractivity contribution in [3.8, 4) is 0 Å². The smallest absolute Gasteiger partial charge is 0.240 e. The molecule has 35 heavy (non-hydrogen) atoms. The van der Waals surface area contributed by atoms with E-state index in [4.69, 9.17) is 4.98 Å². The van der Waals surface area contributed by atoms with Gasteiger partial charge in [-0.1, -0.05) is 19.4 Å². The number of anilines is 1. The maximum Gasteiger partial charge on any atom is 0.240 e. The van der Waals surface area contributed by atoms with Gasteiger partial charge in [-0.25, -0.2) is 4.98 Å². The van der Waals surface area contributed by atoms with Crippen molar-refractivity contribution in [2.45, 2.75) is 58.7 Å². The average Bonchev–Trinajstić information content (AvgIpc) is 3.51. The van der Waals surface area contributed by atoms with Crippen LogP contribution in [0.15, 0.2) is 61.1 Å². The zero-order chi connectivity index (χ0) is 24.6. The molecule has 0 spiro atoms. The molecule has 8 nitrogen and oxygen atoms in total. The topological polar surface area (TPSA) is 80.9 Å². The largest absolute Gasteiger partial charge is 0.372 e. The molecule has 1 unspecified atom stereocenters. The summed E-state index contributed by atoms with van der Waals surface area (Å²) in [6.45, 7) is 5.95. The van der Waals surface area contributed by atoms with Crippen LogP contribution in [-0.4, -0.2) is 49.9 Å². The first-order chi connectivity index (χ1) is 17.0. The van der Waals surface area contributed by atoms with Crippen molar-refractivity contribution in [3.63, 3.8) is 0 Å². The van der Waals surface area contributed by atoms with Gasteiger partial charge in [0.25, 0.3) is 0 Å². The number of amides is 1. The molecule has 1 amide bonds. The molecule has 0 aliphatic heterocycles. The predicted octanol–water partition coefficient (Wildman–Crippen LogP) is 3.85. The maximum absolute atomic E-state index is 12.9. The second-order valence-corrected chi connectivity index (χ2v) is 8.98. The molecule has 0 fully saturated rings. The lowest BCUT2D eigenvalue weighted by Gasteiger charge is -2.26. The Morgan fingerprint density at radius 1 is 1.14 bits per heavy atom. The molecule has 0 saturated heterocycles. The van der Waals surface area contributed by atoms with Crippen LogP contribution in [0.3, 0.4) is 0 Å². The molecule has 184 valence electrons. The minimum Gasteiger partial charge on any atom is -0.372 e. The van der Waals surface area contributed by atoms with E-state index in [-0.39, 0.29) is 12.5 Å². The predicted molar refractivity (Wildman–Crippen MR) is 139 cm³/mol. The number of imidazole rings is 1. The van der Waals surface area contributed by atoms with E-state index in [2.05, 4.69) is 59.4 Å². The molecule has 1 aromatic carbocycles. The van der Waals surface area contributed by atoms with E-state index in [1.807, 2.05) is 39.7 Å². The number of aryl methyl sites for hydroxylation is 2. The normalized spacial score (nSPS) is 12.1. The Hall–Kier alpha value is -3.68. The molecular formula is C27H35N7O. The molecule has 0 aliphatic rings. The summed E-state index contributed by atoms with van der Waals surface area (Å²) in [7, 11) is 2.13. The highest BCUT2D eigenvalue weighted by Gasteiger charge is 2.16. The Balaban J connectivity index is 1.52. The first-order valence-electron chi connectivity index (χ1n) is 12.4. The number of hydrogen-bond donors (Lipinski definition) is 1. The van der Waals surface area contributed by atoms with Crippen LogP contribution < -0.4 is 10.2 Å². The number of benzene rings is 1. The molecule has 0 saturated carbocycles. The summed E-state index contributed by atoms with van der Waals surface area (Å²) in [5.41, 5.74) is 3.99. The van der Waals surface area contributed by atoms with Crippen molar-refractivity contribution in [1.29, 1.82) is 0 Å². The summed E-state index contributed by atoms with van der Waals surface area (Å²) in [6, 6.07) is 14.5. The van der Waals surface area contributed by atoms with Gasteiger partial charge in [0, 0.05) is 69.0 Å². The Kier molecular flexibility index (Phi) is 8.13. The van der Waals surface area contributed by atoms with Crippen molar-refractivity contribution >= 4 is 22.6 Å². The van der Waals surface area contributed by atoms with Gasteiger partial charge in [-0.2, -0.15) is 5.10 Å². The molecule has 4 rings (SSSR count). The van der Waals surface area contributed by atoms with E-state index in [1.165, 1.54) is 0 Å². The number of nitrogens with one attached hydrogen (secondary N) is 1. The number of carbonyl (C=O) groups is 1. The molecule has 0 aliphatic carbocycles. The SMILES string of the molecule is CCCC(C)N(C)c1ccc2c(c1)nc(CCn1cccn1)n2CC(=O)NCCc1ccccn1. The van der Waals surface area contributed by atoms with Crippen molar-refractivity contribution in [1.82, 2.24) is 29.6 Å². The van der Waals surface area contributed by atoms with E-state index in [9.17, 15) is 4.79 Å². The molecule has 1 atom stereocenters. The van der Waals surface area contributed by atoms with Gasteiger partial charge in [-0.3, -0.25) is 14.5 Å². The van der Waals surface area contributed by atoms with Crippen LogP contribution in [0.4, 0.5) is 5.69 Å². The molecule has 3 heterocycles. The lowest BCUT2D eigenvalue weighted by atomic mass is 10.1. The summed E-state index contributed by atoms with van der Waals surface area (Å²) >= 11 is 0. The summed E-state index contributed by atoms with van der Waals surface area (Å²) in [5.74, 6) is 0.857. The average molecular weight is 474 g/mol. The number of hydrogen-bond acceptors (Lipinski definition) is 5. The van der Waals surface area contributed by atoms with Gasteiger partial charge in [0.15, 0.2) is 0 Å². The van der Waals surface area contributed by atoms with Crippen LogP contribution in [-0.2, 0) is 30.7 Å². The first kappa shape index (κ1) is 24.4. The summed E-state index contributed by atoms with van der Waals surface area (Å²) < 4.78 is 3.93. The molecule has 1 N–H and O–H groups in total. The fraction of sp³-hybridized carbons (Fsp3) is 0.407. The fourth-order valence-corrected chi connectivity index (χ4v) is 4.34. The van der Waals surface area contributed by atoms with Gasteiger partial charge in [0.2, 0.25) is 5.91 Å². The van der Waals surface area contributed by atoms with E-state index >= 15 is 0 Å². The standard InChI is InChI=1S/C27H35N7O/c1-4-8-21(2)32(3)23-10-11-25-24(19-23)31-26(13-18-33-17-7-15-30-33)34(25)20-27(35)29-16-12-22-9-5-6-14-28-22/h5-7,9-11,14-15,17,19,21H,4,8,12-13,16,18,20H2,1-3H3,(H,29,35). The highest BCUT2D eigenvalue weighted by molar-refractivity contribution is 5.83. The quantitative estimate of drug-likeness (QED) is 0.338. The van der Waals surface area contributed by atoms with Crippen LogP contribution in [0.25, 0.3) is 11.0 Å². The second-order valence-electron chi connectivity index (χ2n) is 8.98. The number of aromatic nitrogens is 5. The van der Waals surface area contributed by atoms with E-state index < -0.39 is 0 Å². The van der Waals surface area contributed by atoms with Crippen molar-refractivity contribution in [2.75, 3.05) is 18.5 Å². The van der Waals surface area contributed by atoms with Gasteiger partial charge in [0.1, 0.15) is 12.4 Å². The van der Waals surface area contributed by atoms with Crippen molar-refractivity contribution in [3.05, 3.63) is 72.6 Å². The summed E-state index contributed by atoms with van der Waals surface area (Å²) in [5, 5.41) is 7.34. The number of nitrogens with zero attached hydrogens (tertiary/aromatic N) is 6. The Morgan fingerprint density at radius 2 is 2.03 bits per heavy atom. The highest BCUT2D eigenvalue weighted by Crippen LogP contribution is 2.25. The molecule has 8 heteroatoms. The monoisotopic (exact) mass is 473 g/mol. The second kappa shape index (κ2) is 11.6. The van der Waals surface area contributed by atoms with Crippen LogP contribution >= 0.6 is 0 Å². The van der Waals surface area contributed by atoms with Gasteiger partial charge < -0.3 is 14.8 Å². The molecule has 0 bridgehead atoms. The lowest BCUT2D eigenvalue weighted by Crippen LogP contribution is -2.30. The van der Waals surface area contributed by atoms with Crippen LogP contribution in [0.2, 0.25) is 0 Å². The third-order valence-electron chi connectivity index (χ3n) is 6.44. The van der Waals surface area contributed by atoms with Gasteiger partial charge >= 0.3 is 0 Å². The summed E-state index contributed by atoms with van der Waals surface area (Å²) in [4.78, 5) is 24.4. The summed E-state index contributed by atoms with van der Waals surface area (Å²) in [6.07, 6.45) is 9.17. The molecule has 4 aromatic rings. The van der Waals surface area contributed by atoms with Crippen molar-refractivity contribution < 1.29 is 4.79 Å². The molecule has 0 radical (unpaired) electrons. The fourth-order valence-electron chi connectivity index (χ4n) is 4.34. The third-order valence-corrected chi connectivity index (χ3v) is 6.44. The van der Waals surface area contributed by atoms with Crippen molar-refractivity contribution in [2.24, 2.45) is 0 Å². The zero-order valence-electron chi connectivity index (χ0n) is 20.9. The minimum absolute atomic E-state index is 0.0293. The third kappa shape index (κ3) is 6.26. The van der Waals surface area contributed by atoms with Gasteiger partial charge in [-0.15, -0.1) is 0 Å². The van der Waals surface area contributed by atoms with Crippen LogP contribution in [0, 0.1) is 0 Å². The minimum atomic E-state index is -0.0293. The maximum atomic E-state index is 12.9. The van der Waals surface area contributed by atoms with Crippen LogP contribution in [0.1, 0.15) is 38.2 Å². The van der Waals surface area contributed by atoms with E-state index in [0.29, 0.717) is 32.0 Å². The zero-order valence-corrected chi connectivity index (χ0v) is 20.9. The lowest BCUT2D eigenvalue weighted by molar-refractivity contribution is -0.121. The Morgan fingerprint density at radius 3 is 2.77 bits per heavy atom. The van der Waals surface area contributed by atoms with Gasteiger partial charge in [-0.05, 0) is 49.7 Å². The Bertz CT molecular complexity index is 1220. The van der Waals surface area contributed by atoms with Gasteiger partial charge in [0.05, 0.1) is 11.0 Å². The Labute approximate surface area is 207 Å². The first-order valence-corrected chi connectivity index (χ1v) is 12.4. The number of carbonyl (C=O) groups excluding carboxylic acids is 1. The number of rotatable bonds is 12. The molecule has 3 aromatic heterocycles. The highest BCUT2D eigenvalue weighted by atomic mass is 16.1. The molecular weight excluding hydrogens is 438 g/mol. The number of pyridine rings is 1. The number of fused-ring (bicyclic) bond motifs is 1. The van der Waals surface area contributed by atoms with Crippen LogP contribution in [0.5, 0.6) is 0 Å². The van der Waals surface area contributed by atoms with E-state index in [0.717, 1.165) is 41.1 Å². The van der Waals surface area contributed by atoms with E-state index in [1.54, 1.807) is 12.4 Å².